The van der Waals surface area contributed by atoms with E-state index >= 15 is 0 Å². The van der Waals surface area contributed by atoms with Crippen molar-refractivity contribution in [3.63, 3.8) is 0 Å². The number of rotatable bonds is 5. The highest BCUT2D eigenvalue weighted by Gasteiger charge is 2.34. The van der Waals surface area contributed by atoms with Crippen LogP contribution in [0.15, 0.2) is 42.4 Å². The molecule has 4 aromatic rings. The number of carbonyl (C=O) groups is 1. The van der Waals surface area contributed by atoms with E-state index in [0.29, 0.717) is 11.4 Å². The second-order valence-corrected chi connectivity index (χ2v) is 9.69. The van der Waals surface area contributed by atoms with Gasteiger partial charge in [0.25, 0.3) is 5.91 Å². The molecule has 0 aliphatic heterocycles. The van der Waals surface area contributed by atoms with Crippen molar-refractivity contribution in [1.29, 1.82) is 0 Å². The predicted molar refractivity (Wildman–Crippen MR) is 123 cm³/mol. The number of nitrogens with one attached hydrogen (secondary N) is 1. The Labute approximate surface area is 189 Å². The molecule has 0 spiro atoms. The van der Waals surface area contributed by atoms with Crippen LogP contribution in [0.3, 0.4) is 0 Å². The van der Waals surface area contributed by atoms with E-state index in [2.05, 4.69) is 20.5 Å². The minimum Gasteiger partial charge on any atom is -0.390 e. The highest BCUT2D eigenvalue weighted by atomic mass is 32.1. The van der Waals surface area contributed by atoms with E-state index in [1.807, 2.05) is 44.0 Å². The van der Waals surface area contributed by atoms with E-state index in [9.17, 15) is 9.90 Å². The molecule has 1 aliphatic rings. The second-order valence-electron chi connectivity index (χ2n) is 8.78. The molecule has 8 nitrogen and oxygen atoms in total. The number of aliphatic hydroxyl groups is 1. The summed E-state index contributed by atoms with van der Waals surface area (Å²) in [7, 11) is 1.88. The summed E-state index contributed by atoms with van der Waals surface area (Å²) in [6.45, 7) is 2.37. The van der Waals surface area contributed by atoms with Gasteiger partial charge in [-0.1, -0.05) is 12.8 Å². The number of carbonyl (C=O) groups excluding carboxylic acids is 1. The lowest BCUT2D eigenvalue weighted by molar-refractivity contribution is -0.0301. The van der Waals surface area contributed by atoms with Crippen LogP contribution in [0.5, 0.6) is 0 Å². The van der Waals surface area contributed by atoms with Gasteiger partial charge >= 0.3 is 0 Å². The Bertz CT molecular complexity index is 1270. The zero-order valence-corrected chi connectivity index (χ0v) is 19.0. The minimum absolute atomic E-state index is 0.0949. The third kappa shape index (κ3) is 3.93. The molecule has 0 radical (unpaired) electrons. The van der Waals surface area contributed by atoms with Gasteiger partial charge < -0.3 is 10.4 Å². The third-order valence-corrected chi connectivity index (χ3v) is 7.33. The van der Waals surface area contributed by atoms with Gasteiger partial charge in [-0.2, -0.15) is 10.2 Å². The number of thiophene rings is 1. The highest BCUT2D eigenvalue weighted by Crippen LogP contribution is 2.33. The largest absolute Gasteiger partial charge is 0.390 e. The molecule has 1 amide bonds. The summed E-state index contributed by atoms with van der Waals surface area (Å²) in [5.41, 5.74) is 3.74. The summed E-state index contributed by atoms with van der Waals surface area (Å²) in [4.78, 5) is 18.0. The standard InChI is InChI=1S/C23H26N6O2S/c1-23(31)6-4-3-5-18(23)10-25-22(30)20-7-15(14-32-20)19-11-27-29-13-16(8-24-21(19)29)17-9-26-28(2)12-17/h7-9,11-14,18,31H,3-6,10H2,1-2H3,(H,25,30)/t18-,23-/m1/s1. The van der Waals surface area contributed by atoms with Gasteiger partial charge in [0.1, 0.15) is 0 Å². The van der Waals surface area contributed by atoms with Gasteiger partial charge in [-0.15, -0.1) is 11.3 Å². The van der Waals surface area contributed by atoms with Crippen LogP contribution in [0.25, 0.3) is 27.9 Å². The lowest BCUT2D eigenvalue weighted by Gasteiger charge is -2.37. The molecule has 1 fully saturated rings. The summed E-state index contributed by atoms with van der Waals surface area (Å²) in [6.07, 6.45) is 13.1. The summed E-state index contributed by atoms with van der Waals surface area (Å²) in [5.74, 6) is -0.0108. The van der Waals surface area contributed by atoms with Crippen LogP contribution in [0.1, 0.15) is 42.3 Å². The van der Waals surface area contributed by atoms with Crippen molar-refractivity contribution in [2.75, 3.05) is 6.54 Å². The summed E-state index contributed by atoms with van der Waals surface area (Å²) < 4.78 is 3.50. The Balaban J connectivity index is 1.32. The van der Waals surface area contributed by atoms with Gasteiger partial charge in [0, 0.05) is 54.8 Å². The molecule has 4 aromatic heterocycles. The normalized spacial score (nSPS) is 21.2. The number of aryl methyl sites for hydroxylation is 1. The monoisotopic (exact) mass is 450 g/mol. The van der Waals surface area contributed by atoms with Crippen molar-refractivity contribution in [2.24, 2.45) is 13.0 Å². The molecule has 32 heavy (non-hydrogen) atoms. The van der Waals surface area contributed by atoms with Gasteiger partial charge in [-0.25, -0.2) is 9.50 Å². The number of fused-ring (bicyclic) bond motifs is 1. The van der Waals surface area contributed by atoms with Crippen LogP contribution in [0, 0.1) is 5.92 Å². The van der Waals surface area contributed by atoms with Gasteiger partial charge in [-0.3, -0.25) is 9.48 Å². The first kappa shape index (κ1) is 20.8. The topological polar surface area (TPSA) is 97.3 Å². The fraction of sp³-hybridized carbons (Fsp3) is 0.391. The number of amides is 1. The van der Waals surface area contributed by atoms with Crippen molar-refractivity contribution in [2.45, 2.75) is 38.2 Å². The van der Waals surface area contributed by atoms with E-state index in [1.165, 1.54) is 11.3 Å². The molecule has 0 saturated heterocycles. The molecular formula is C23H26N6O2S. The molecule has 2 N–H and O–H groups in total. The van der Waals surface area contributed by atoms with E-state index < -0.39 is 5.60 Å². The molecule has 1 saturated carbocycles. The SMILES string of the molecule is Cn1cc(-c2cnc3c(-c4csc(C(=O)NC[C@H]5CCCC[C@@]5(C)O)c4)cnn3c2)cn1. The van der Waals surface area contributed by atoms with Crippen LogP contribution in [-0.4, -0.2) is 47.5 Å². The number of hydrogen-bond acceptors (Lipinski definition) is 6. The Morgan fingerprint density at radius 2 is 2.06 bits per heavy atom. The fourth-order valence-corrected chi connectivity index (χ4v) is 5.23. The number of hydrogen-bond donors (Lipinski definition) is 2. The van der Waals surface area contributed by atoms with Crippen molar-refractivity contribution in [3.8, 4) is 22.3 Å². The fourth-order valence-electron chi connectivity index (χ4n) is 4.41. The lowest BCUT2D eigenvalue weighted by atomic mass is 9.76. The Morgan fingerprint density at radius 3 is 2.84 bits per heavy atom. The molecule has 9 heteroatoms. The molecule has 4 heterocycles. The molecule has 166 valence electrons. The summed E-state index contributed by atoms with van der Waals surface area (Å²) in [6, 6.07) is 1.88. The average molecular weight is 451 g/mol. The zero-order chi connectivity index (χ0) is 22.3. The van der Waals surface area contributed by atoms with Crippen LogP contribution >= 0.6 is 11.3 Å². The molecular weight excluding hydrogens is 424 g/mol. The Morgan fingerprint density at radius 1 is 1.22 bits per heavy atom. The van der Waals surface area contributed by atoms with Gasteiger partial charge in [0.15, 0.2) is 5.65 Å². The van der Waals surface area contributed by atoms with Crippen molar-refractivity contribution in [3.05, 3.63) is 47.3 Å². The van der Waals surface area contributed by atoms with Crippen LogP contribution < -0.4 is 5.32 Å². The average Bonchev–Trinajstić information content (AvgIpc) is 3.51. The van der Waals surface area contributed by atoms with Crippen molar-refractivity contribution < 1.29 is 9.90 Å². The quantitative estimate of drug-likeness (QED) is 0.485. The van der Waals surface area contributed by atoms with E-state index in [4.69, 9.17) is 0 Å². The Hall–Kier alpha value is -3.04. The maximum Gasteiger partial charge on any atom is 0.261 e. The molecule has 0 aromatic carbocycles. The minimum atomic E-state index is -0.705. The molecule has 0 unspecified atom stereocenters. The molecule has 0 bridgehead atoms. The lowest BCUT2D eigenvalue weighted by Crippen LogP contribution is -2.44. The van der Waals surface area contributed by atoms with E-state index in [0.717, 1.165) is 53.6 Å². The van der Waals surface area contributed by atoms with Crippen molar-refractivity contribution in [1.82, 2.24) is 29.7 Å². The van der Waals surface area contributed by atoms with E-state index in [-0.39, 0.29) is 11.8 Å². The van der Waals surface area contributed by atoms with Crippen LogP contribution in [0.2, 0.25) is 0 Å². The Kier molecular flexibility index (Phi) is 5.30. The maximum atomic E-state index is 12.7. The first-order chi connectivity index (χ1) is 15.4. The maximum absolute atomic E-state index is 12.7. The molecule has 2 atom stereocenters. The predicted octanol–water partition coefficient (Wildman–Crippen LogP) is 3.53. The number of aromatic nitrogens is 5. The van der Waals surface area contributed by atoms with Gasteiger partial charge in [0.2, 0.25) is 0 Å². The second kappa shape index (κ2) is 8.14. The van der Waals surface area contributed by atoms with E-state index in [1.54, 1.807) is 21.6 Å². The first-order valence-corrected chi connectivity index (χ1v) is 11.7. The highest BCUT2D eigenvalue weighted by molar-refractivity contribution is 7.12. The van der Waals surface area contributed by atoms with Gasteiger partial charge in [0.05, 0.1) is 22.9 Å². The van der Waals surface area contributed by atoms with Crippen LogP contribution in [-0.2, 0) is 7.05 Å². The third-order valence-electron chi connectivity index (χ3n) is 6.40. The van der Waals surface area contributed by atoms with Crippen molar-refractivity contribution >= 4 is 22.9 Å². The smallest absolute Gasteiger partial charge is 0.261 e. The zero-order valence-electron chi connectivity index (χ0n) is 18.2. The molecule has 5 rings (SSSR count). The van der Waals surface area contributed by atoms with Gasteiger partial charge in [-0.05, 0) is 36.8 Å². The molecule has 1 aliphatic carbocycles. The first-order valence-electron chi connectivity index (χ1n) is 10.8. The summed E-state index contributed by atoms with van der Waals surface area (Å²) >= 11 is 1.40. The number of nitrogens with zero attached hydrogens (tertiary/aromatic N) is 5. The van der Waals surface area contributed by atoms with Crippen LogP contribution in [0.4, 0.5) is 0 Å². The summed E-state index contributed by atoms with van der Waals surface area (Å²) in [5, 5.41) is 24.2.